The van der Waals surface area contributed by atoms with Gasteiger partial charge in [-0.1, -0.05) is 64.5 Å². The van der Waals surface area contributed by atoms with Gasteiger partial charge in [0.05, 0.1) is 16.2 Å². The Balaban J connectivity index is 1.21. The molecule has 2 aliphatic rings. The molecule has 0 bridgehead atoms. The molecular weight excluding hydrogens is 631 g/mol. The Morgan fingerprint density at radius 2 is 1.87 bits per heavy atom. The van der Waals surface area contributed by atoms with Gasteiger partial charge < -0.3 is 4.90 Å². The molecule has 2 N–H and O–H groups in total. The van der Waals surface area contributed by atoms with Crippen molar-refractivity contribution in [1.29, 1.82) is 0 Å². The van der Waals surface area contributed by atoms with Gasteiger partial charge in [-0.3, -0.25) is 14.3 Å². The van der Waals surface area contributed by atoms with Crippen molar-refractivity contribution in [2.45, 2.75) is 50.8 Å². The van der Waals surface area contributed by atoms with Gasteiger partial charge in [0.1, 0.15) is 5.69 Å². The van der Waals surface area contributed by atoms with Crippen LogP contribution in [0.1, 0.15) is 60.3 Å². The van der Waals surface area contributed by atoms with Crippen LogP contribution in [0.25, 0.3) is 33.0 Å². The Morgan fingerprint density at radius 1 is 1.09 bits per heavy atom. The number of carbonyl (C=O) groups excluding carboxylic acids is 1. The van der Waals surface area contributed by atoms with Crippen molar-refractivity contribution in [1.82, 2.24) is 19.8 Å². The average Bonchev–Trinajstić information content (AvgIpc) is 3.90. The predicted octanol–water partition coefficient (Wildman–Crippen LogP) is 6.39. The molecule has 0 saturated heterocycles. The zero-order valence-electron chi connectivity index (χ0n) is 24.6. The number of aryl methyl sites for hydroxylation is 1. The fraction of sp³-hybridized carbons (Fsp3) is 0.312. The molecule has 2 aromatic carbocycles. The van der Waals surface area contributed by atoms with Gasteiger partial charge in [0, 0.05) is 17.7 Å². The highest BCUT2D eigenvalue weighted by Gasteiger charge is 2.38. The van der Waals surface area contributed by atoms with Crippen LogP contribution in [0, 0.1) is 12.8 Å². The molecule has 1 atom stereocenters. The molecule has 2 fully saturated rings. The Morgan fingerprint density at radius 3 is 2.51 bits per heavy atom. The van der Waals surface area contributed by atoms with Crippen LogP contribution in [-0.2, 0) is 10.0 Å². The number of hydrogen-bond donors (Lipinski definition) is 2. The topological polar surface area (TPSA) is 138 Å². The van der Waals surface area contributed by atoms with Crippen LogP contribution in [0.4, 0.5) is 5.13 Å². The Kier molecular flexibility index (Phi) is 7.70. The van der Waals surface area contributed by atoms with Crippen molar-refractivity contribution in [3.63, 3.8) is 0 Å². The van der Waals surface area contributed by atoms with E-state index in [0.29, 0.717) is 34.6 Å². The number of rotatable bonds is 11. The van der Waals surface area contributed by atoms with Crippen molar-refractivity contribution in [3.05, 3.63) is 86.7 Å². The highest BCUT2D eigenvalue weighted by Crippen LogP contribution is 2.42. The third-order valence-corrected chi connectivity index (χ3v) is 11.9. The van der Waals surface area contributed by atoms with Gasteiger partial charge in [0.15, 0.2) is 11.0 Å². The number of nitrogens with one attached hydrogen (secondary N) is 2. The summed E-state index contributed by atoms with van der Waals surface area (Å²) in [6.45, 7) is 4.92. The second-order valence-electron chi connectivity index (χ2n) is 11.7. The molecule has 0 spiro atoms. The van der Waals surface area contributed by atoms with Gasteiger partial charge >= 0.3 is 5.76 Å². The smallest absolute Gasteiger partial charge is 0.341 e. The van der Waals surface area contributed by atoms with Crippen LogP contribution < -0.4 is 15.4 Å². The van der Waals surface area contributed by atoms with Crippen LogP contribution >= 0.6 is 22.7 Å². The first-order valence-corrected chi connectivity index (χ1v) is 18.1. The number of H-pyrrole nitrogens is 1. The number of amides is 1. The summed E-state index contributed by atoms with van der Waals surface area (Å²) in [5, 5.41) is 7.95. The number of carbonyl (C=O) groups is 1. The van der Waals surface area contributed by atoms with E-state index >= 15 is 0 Å². The fourth-order valence-corrected chi connectivity index (χ4v) is 8.51. The molecule has 0 aliphatic heterocycles. The zero-order chi connectivity index (χ0) is 31.3. The van der Waals surface area contributed by atoms with Crippen molar-refractivity contribution in [2.75, 3.05) is 11.4 Å². The predicted molar refractivity (Wildman–Crippen MR) is 176 cm³/mol. The number of thiazole rings is 1. The van der Waals surface area contributed by atoms with E-state index in [1.54, 1.807) is 0 Å². The van der Waals surface area contributed by atoms with E-state index in [9.17, 15) is 18.0 Å². The number of sulfonamides is 1. The second-order valence-corrected chi connectivity index (χ2v) is 15.5. The second kappa shape index (κ2) is 11.7. The molecule has 13 heteroatoms. The highest BCUT2D eigenvalue weighted by molar-refractivity contribution is 7.91. The van der Waals surface area contributed by atoms with Gasteiger partial charge in [0.25, 0.3) is 5.91 Å². The molecule has 7 rings (SSSR count). The number of hydrogen-bond acceptors (Lipinski definition) is 10. The molecule has 1 amide bonds. The standard InChI is InChI=1S/C32H31N5O5S3/c1-18-3-12-25(29-34-32(39)42-35-29)26(15-18)22-8-6-21(7-9-22)19(2)37(16-20-4-5-20)31-33-27(28(44-31)23-13-14-43-17-23)30(38)36-45(40,41)24-10-11-24/h3,6-9,12-15,17,19-20,24H,4-5,10-11,16H2,1-2H3,(H,36,38)(H,34,35,39)/t19-/m1/s1. The minimum absolute atomic E-state index is 0.0730. The number of thiophene rings is 1. The van der Waals surface area contributed by atoms with Gasteiger partial charge in [0.2, 0.25) is 10.0 Å². The van der Waals surface area contributed by atoms with Crippen LogP contribution in [0.15, 0.2) is 68.6 Å². The van der Waals surface area contributed by atoms with E-state index in [0.717, 1.165) is 52.8 Å². The fourth-order valence-electron chi connectivity index (χ4n) is 5.37. The largest absolute Gasteiger partial charge is 0.439 e. The summed E-state index contributed by atoms with van der Waals surface area (Å²) in [7, 11) is -3.72. The minimum Gasteiger partial charge on any atom is -0.341 e. The first-order valence-electron chi connectivity index (χ1n) is 14.8. The van der Waals surface area contributed by atoms with Crippen LogP contribution in [0.2, 0.25) is 0 Å². The Hall–Kier alpha value is -4.07. The number of aromatic amines is 1. The summed E-state index contributed by atoms with van der Waals surface area (Å²) in [6.07, 6.45) is 3.41. The monoisotopic (exact) mass is 661 g/mol. The molecule has 232 valence electrons. The minimum atomic E-state index is -3.72. The van der Waals surface area contributed by atoms with Gasteiger partial charge in [-0.15, -0.1) is 0 Å². The Labute approximate surface area is 268 Å². The lowest BCUT2D eigenvalue weighted by Crippen LogP contribution is -2.34. The first kappa shape index (κ1) is 29.6. The summed E-state index contributed by atoms with van der Waals surface area (Å²) in [6, 6.07) is 16.1. The van der Waals surface area contributed by atoms with Crippen molar-refractivity contribution in [2.24, 2.45) is 5.92 Å². The van der Waals surface area contributed by atoms with Crippen molar-refractivity contribution >= 4 is 43.7 Å². The summed E-state index contributed by atoms with van der Waals surface area (Å²) in [5.74, 6) is -0.382. The quantitative estimate of drug-likeness (QED) is 0.166. The van der Waals surface area contributed by atoms with Crippen molar-refractivity contribution < 1.29 is 17.7 Å². The molecule has 0 radical (unpaired) electrons. The lowest BCUT2D eigenvalue weighted by Gasteiger charge is -2.29. The number of anilines is 1. The van der Waals surface area contributed by atoms with Crippen molar-refractivity contribution in [3.8, 4) is 33.0 Å². The van der Waals surface area contributed by atoms with E-state index in [1.165, 1.54) is 22.7 Å². The number of benzene rings is 2. The van der Waals surface area contributed by atoms with E-state index in [-0.39, 0.29) is 11.7 Å². The molecule has 0 unspecified atom stereocenters. The third kappa shape index (κ3) is 6.24. The summed E-state index contributed by atoms with van der Waals surface area (Å²) in [5.41, 5.74) is 5.78. The third-order valence-electron chi connectivity index (χ3n) is 8.25. The molecule has 2 aliphatic carbocycles. The average molecular weight is 662 g/mol. The lowest BCUT2D eigenvalue weighted by molar-refractivity contribution is 0.0978. The zero-order valence-corrected chi connectivity index (χ0v) is 27.1. The molecule has 2 saturated carbocycles. The summed E-state index contributed by atoms with van der Waals surface area (Å²) >= 11 is 2.93. The van der Waals surface area contributed by atoms with Crippen LogP contribution in [0.5, 0.6) is 0 Å². The number of nitrogens with zero attached hydrogens (tertiary/aromatic N) is 3. The summed E-state index contributed by atoms with van der Waals surface area (Å²) < 4.78 is 32.3. The maximum atomic E-state index is 13.4. The maximum Gasteiger partial charge on any atom is 0.439 e. The molecule has 5 aromatic rings. The van der Waals surface area contributed by atoms with Gasteiger partial charge in [-0.2, -0.15) is 11.3 Å². The van der Waals surface area contributed by atoms with E-state index in [1.807, 2.05) is 35.9 Å². The van der Waals surface area contributed by atoms with E-state index in [2.05, 4.69) is 57.0 Å². The van der Waals surface area contributed by atoms with E-state index < -0.39 is 26.9 Å². The van der Waals surface area contributed by atoms with E-state index in [4.69, 9.17) is 9.51 Å². The SMILES string of the molecule is Cc1ccc(-c2noc(=O)[nH]2)c(-c2ccc([C@@H](C)N(CC3CC3)c3nc(C(=O)NS(=O)(=O)C4CC4)c(-c4ccsc4)s3)cc2)c1. The van der Waals surface area contributed by atoms with Crippen LogP contribution in [0.3, 0.4) is 0 Å². The van der Waals surface area contributed by atoms with Gasteiger partial charge in [-0.25, -0.2) is 22.9 Å². The highest BCUT2D eigenvalue weighted by atomic mass is 32.2. The first-order chi connectivity index (χ1) is 21.7. The molecular formula is C32H31N5O5S3. The van der Waals surface area contributed by atoms with Crippen LogP contribution in [-0.4, -0.2) is 41.2 Å². The lowest BCUT2D eigenvalue weighted by atomic mass is 9.95. The maximum absolute atomic E-state index is 13.4. The molecule has 3 aromatic heterocycles. The summed E-state index contributed by atoms with van der Waals surface area (Å²) in [4.78, 5) is 35.3. The molecule has 45 heavy (non-hydrogen) atoms. The van der Waals surface area contributed by atoms with Gasteiger partial charge in [-0.05, 0) is 79.0 Å². The Bertz CT molecular complexity index is 2020. The normalized spacial score (nSPS) is 15.6. The molecule has 10 nitrogen and oxygen atoms in total. The number of aromatic nitrogens is 3. The molecule has 3 heterocycles.